The minimum atomic E-state index is -0.301. The molecule has 0 saturated heterocycles. The summed E-state index contributed by atoms with van der Waals surface area (Å²) in [7, 11) is 1.60. The molecule has 3 aromatic rings. The summed E-state index contributed by atoms with van der Waals surface area (Å²) >= 11 is 15.8. The first kappa shape index (κ1) is 25.9. The molecule has 0 bridgehead atoms. The maximum Gasteiger partial charge on any atom is 0.292 e. The number of nitro groups is 1. The summed E-state index contributed by atoms with van der Waals surface area (Å²) < 4.78 is 12.5. The van der Waals surface area contributed by atoms with Gasteiger partial charge in [-0.1, -0.05) is 41.4 Å². The van der Waals surface area contributed by atoms with Crippen molar-refractivity contribution in [1.29, 1.82) is 0 Å². The van der Waals surface area contributed by atoms with Gasteiger partial charge in [-0.15, -0.1) is 0 Å². The number of anilines is 1. The average Bonchev–Trinajstić information content (AvgIpc) is 3.36. The van der Waals surface area contributed by atoms with E-state index in [4.69, 9.17) is 32.7 Å². The zero-order valence-electron chi connectivity index (χ0n) is 20.5. The Morgan fingerprint density at radius 3 is 2.65 bits per heavy atom. The molecule has 0 aromatic heterocycles. The Hall–Kier alpha value is -2.74. The molecule has 9 heteroatoms. The highest BCUT2D eigenvalue weighted by Crippen LogP contribution is 2.54. The van der Waals surface area contributed by atoms with Crippen molar-refractivity contribution in [3.8, 4) is 11.5 Å². The molecule has 5 rings (SSSR count). The first-order valence-electron chi connectivity index (χ1n) is 11.9. The summed E-state index contributed by atoms with van der Waals surface area (Å²) in [5.74, 6) is 1.43. The molecule has 1 aliphatic carbocycles. The highest BCUT2D eigenvalue weighted by atomic mass is 79.9. The minimum Gasteiger partial charge on any atom is -0.493 e. The molecule has 0 amide bonds. The molecular formula is C28H25BrCl2N2O4. The van der Waals surface area contributed by atoms with Crippen molar-refractivity contribution in [1.82, 2.24) is 0 Å². The summed E-state index contributed by atoms with van der Waals surface area (Å²) in [6, 6.07) is 10.8. The number of rotatable bonds is 6. The number of benzene rings is 3. The summed E-state index contributed by atoms with van der Waals surface area (Å²) in [5, 5.41) is 16.5. The molecule has 0 radical (unpaired) electrons. The number of aryl methyl sites for hydroxylation is 1. The van der Waals surface area contributed by atoms with Crippen LogP contribution in [-0.4, -0.2) is 12.0 Å². The van der Waals surface area contributed by atoms with Crippen molar-refractivity contribution in [2.75, 3.05) is 12.4 Å². The third-order valence-corrected chi connectivity index (χ3v) is 8.65. The van der Waals surface area contributed by atoms with Crippen LogP contribution in [0.1, 0.15) is 46.2 Å². The van der Waals surface area contributed by atoms with Gasteiger partial charge in [-0.05, 0) is 94.2 Å². The van der Waals surface area contributed by atoms with Crippen LogP contribution in [0, 0.1) is 29.9 Å². The second-order valence-corrected chi connectivity index (χ2v) is 11.1. The summed E-state index contributed by atoms with van der Waals surface area (Å²) in [4.78, 5) is 11.7. The molecular weight excluding hydrogens is 579 g/mol. The van der Waals surface area contributed by atoms with Crippen LogP contribution in [0.15, 0.2) is 53.0 Å². The lowest BCUT2D eigenvalue weighted by atomic mass is 9.74. The Labute approximate surface area is 233 Å². The fourth-order valence-electron chi connectivity index (χ4n) is 5.40. The Balaban J connectivity index is 1.51. The molecule has 2 aliphatic rings. The van der Waals surface area contributed by atoms with E-state index in [1.807, 2.05) is 32.0 Å². The maximum absolute atomic E-state index is 12.0. The molecule has 0 fully saturated rings. The number of methoxy groups -OCH3 is 1. The molecule has 1 heterocycles. The van der Waals surface area contributed by atoms with E-state index in [2.05, 4.69) is 33.4 Å². The van der Waals surface area contributed by atoms with Crippen LogP contribution in [0.2, 0.25) is 10.0 Å². The van der Waals surface area contributed by atoms with Crippen molar-refractivity contribution < 1.29 is 14.4 Å². The van der Waals surface area contributed by atoms with E-state index in [9.17, 15) is 10.1 Å². The van der Waals surface area contributed by atoms with Crippen molar-refractivity contribution in [3.63, 3.8) is 0 Å². The van der Waals surface area contributed by atoms with Crippen LogP contribution in [0.4, 0.5) is 11.4 Å². The molecule has 0 saturated carbocycles. The van der Waals surface area contributed by atoms with Gasteiger partial charge in [0.15, 0.2) is 11.5 Å². The number of allylic oxidation sites excluding steroid dienone is 2. The van der Waals surface area contributed by atoms with Crippen LogP contribution in [0.3, 0.4) is 0 Å². The number of halogens is 3. The predicted octanol–water partition coefficient (Wildman–Crippen LogP) is 8.70. The number of hydrogen-bond donors (Lipinski definition) is 1. The normalized spacial score (nSPS) is 19.7. The number of nitrogens with one attached hydrogen (secondary N) is 1. The van der Waals surface area contributed by atoms with E-state index in [1.54, 1.807) is 25.3 Å². The van der Waals surface area contributed by atoms with Gasteiger partial charge in [-0.2, -0.15) is 0 Å². The average molecular weight is 604 g/mol. The van der Waals surface area contributed by atoms with Gasteiger partial charge in [0.25, 0.3) is 5.69 Å². The van der Waals surface area contributed by atoms with E-state index < -0.39 is 0 Å². The molecule has 0 spiro atoms. The second kappa shape index (κ2) is 10.2. The first-order valence-corrected chi connectivity index (χ1v) is 13.4. The quantitative estimate of drug-likeness (QED) is 0.173. The van der Waals surface area contributed by atoms with Crippen molar-refractivity contribution in [3.05, 3.63) is 101 Å². The van der Waals surface area contributed by atoms with Gasteiger partial charge >= 0.3 is 0 Å². The summed E-state index contributed by atoms with van der Waals surface area (Å²) in [5.41, 5.74) is 5.58. The maximum atomic E-state index is 12.0. The molecule has 192 valence electrons. The van der Waals surface area contributed by atoms with Gasteiger partial charge in [0, 0.05) is 12.0 Å². The van der Waals surface area contributed by atoms with E-state index in [1.165, 1.54) is 0 Å². The molecule has 3 atom stereocenters. The zero-order chi connectivity index (χ0) is 26.4. The van der Waals surface area contributed by atoms with Crippen LogP contribution in [0.25, 0.3) is 0 Å². The largest absolute Gasteiger partial charge is 0.493 e. The number of ether oxygens (including phenoxy) is 2. The number of fused-ring (bicyclic) bond motifs is 3. The molecule has 3 aromatic carbocycles. The Bertz CT molecular complexity index is 1440. The third-order valence-electron chi connectivity index (χ3n) is 7.32. The fourth-order valence-corrected chi connectivity index (χ4v) is 6.29. The monoisotopic (exact) mass is 602 g/mol. The first-order chi connectivity index (χ1) is 17.7. The lowest BCUT2D eigenvalue weighted by molar-refractivity contribution is -0.384. The minimum absolute atomic E-state index is 0.0928. The lowest BCUT2D eigenvalue weighted by Crippen LogP contribution is -2.30. The molecule has 37 heavy (non-hydrogen) atoms. The number of nitro benzene ring substituents is 1. The smallest absolute Gasteiger partial charge is 0.292 e. The van der Waals surface area contributed by atoms with E-state index >= 15 is 0 Å². The Kier molecular flexibility index (Phi) is 7.14. The van der Waals surface area contributed by atoms with Gasteiger partial charge in [0.2, 0.25) is 0 Å². The van der Waals surface area contributed by atoms with E-state index in [0.29, 0.717) is 27.2 Å². The lowest BCUT2D eigenvalue weighted by Gasteiger charge is -2.38. The van der Waals surface area contributed by atoms with Gasteiger partial charge in [0.1, 0.15) is 12.3 Å². The van der Waals surface area contributed by atoms with Crippen molar-refractivity contribution in [2.24, 2.45) is 5.92 Å². The second-order valence-electron chi connectivity index (χ2n) is 9.43. The van der Waals surface area contributed by atoms with E-state index in [0.717, 1.165) is 38.7 Å². The fraction of sp³-hybridized carbons (Fsp3) is 0.286. The topological polar surface area (TPSA) is 73.6 Å². The SMILES string of the molecule is COc1cc([C@@H]2Nc3c([N+](=O)[O-])cc(C)c(C)c3[C@H]3C=CC[C@@H]32)cc(Br)c1OCc1ccc(Cl)c(Cl)c1. The van der Waals surface area contributed by atoms with Crippen LogP contribution in [0.5, 0.6) is 11.5 Å². The van der Waals surface area contributed by atoms with Crippen LogP contribution < -0.4 is 14.8 Å². The van der Waals surface area contributed by atoms with Gasteiger partial charge in [-0.25, -0.2) is 0 Å². The summed E-state index contributed by atoms with van der Waals surface area (Å²) in [6.45, 7) is 4.25. The van der Waals surface area contributed by atoms with Crippen molar-refractivity contribution >= 4 is 50.5 Å². The van der Waals surface area contributed by atoms with Gasteiger partial charge in [0.05, 0.1) is 32.6 Å². The standard InChI is InChI=1S/C28H25BrCl2N2O4/c1-14-9-23(33(34)35)27-25(15(14)2)18-5-4-6-19(18)26(32-27)17-11-20(29)28(24(12-17)36-3)37-13-16-7-8-21(30)22(31)10-16/h4-5,7-12,18-19,26,32H,6,13H2,1-3H3/t18-,19-,26-/m0/s1. The zero-order valence-corrected chi connectivity index (χ0v) is 23.6. The predicted molar refractivity (Wildman–Crippen MR) is 150 cm³/mol. The molecule has 6 nitrogen and oxygen atoms in total. The molecule has 1 N–H and O–H groups in total. The number of nitrogens with zero attached hydrogens (tertiary/aromatic N) is 1. The van der Waals surface area contributed by atoms with Gasteiger partial charge in [-0.3, -0.25) is 10.1 Å². The van der Waals surface area contributed by atoms with E-state index in [-0.39, 0.29) is 35.1 Å². The number of hydrogen-bond acceptors (Lipinski definition) is 5. The van der Waals surface area contributed by atoms with Gasteiger partial charge < -0.3 is 14.8 Å². The third kappa shape index (κ3) is 4.69. The van der Waals surface area contributed by atoms with Crippen LogP contribution in [-0.2, 0) is 6.61 Å². The molecule has 0 unspecified atom stereocenters. The highest BCUT2D eigenvalue weighted by Gasteiger charge is 2.42. The molecule has 1 aliphatic heterocycles. The van der Waals surface area contributed by atoms with Crippen LogP contribution >= 0.6 is 39.1 Å². The van der Waals surface area contributed by atoms with Crippen molar-refractivity contribution in [2.45, 2.75) is 38.8 Å². The summed E-state index contributed by atoms with van der Waals surface area (Å²) in [6.07, 6.45) is 5.24. The highest BCUT2D eigenvalue weighted by molar-refractivity contribution is 9.10. The Morgan fingerprint density at radius 1 is 1.16 bits per heavy atom. The Morgan fingerprint density at radius 2 is 1.95 bits per heavy atom.